The summed E-state index contributed by atoms with van der Waals surface area (Å²) in [6.07, 6.45) is 0.928. The van der Waals surface area contributed by atoms with Crippen LogP contribution in [-0.4, -0.2) is 37.3 Å². The van der Waals surface area contributed by atoms with Crippen LogP contribution < -0.4 is 5.73 Å². The molecule has 1 aliphatic rings. The first-order valence-electron chi connectivity index (χ1n) is 5.90. The van der Waals surface area contributed by atoms with Crippen molar-refractivity contribution in [1.82, 2.24) is 4.31 Å². The van der Waals surface area contributed by atoms with Gasteiger partial charge in [-0.15, -0.1) is 0 Å². The maximum Gasteiger partial charge on any atom is 0.243 e. The van der Waals surface area contributed by atoms with Gasteiger partial charge in [0, 0.05) is 25.4 Å². The lowest BCUT2D eigenvalue weighted by Crippen LogP contribution is -2.37. The van der Waals surface area contributed by atoms with E-state index in [4.69, 9.17) is 5.73 Å². The first kappa shape index (κ1) is 13.9. The van der Waals surface area contributed by atoms with Crippen LogP contribution in [0.2, 0.25) is 0 Å². The highest BCUT2D eigenvalue weighted by Gasteiger charge is 2.30. The quantitative estimate of drug-likeness (QED) is 0.905. The van der Waals surface area contributed by atoms with Gasteiger partial charge >= 0.3 is 0 Å². The van der Waals surface area contributed by atoms with Crippen molar-refractivity contribution in [3.8, 4) is 0 Å². The Balaban J connectivity index is 2.28. The summed E-state index contributed by atoms with van der Waals surface area (Å²) in [6, 6.07) is 6.99. The number of nitrogens with zero attached hydrogens (tertiary/aromatic N) is 1. The van der Waals surface area contributed by atoms with Gasteiger partial charge in [0.05, 0.1) is 4.90 Å². The minimum absolute atomic E-state index is 0.113. The van der Waals surface area contributed by atoms with Crippen molar-refractivity contribution in [3.63, 3.8) is 0 Å². The standard InChI is InChI=1S/C12H18N2O2S2/c1-14(11-5-6-17-9-11)18(15,16)12-4-2-3-10(7-12)8-13/h2-4,7,11H,5-6,8-9,13H2,1H3. The van der Waals surface area contributed by atoms with Crippen LogP contribution >= 0.6 is 11.8 Å². The van der Waals surface area contributed by atoms with Gasteiger partial charge in [0.25, 0.3) is 0 Å². The van der Waals surface area contributed by atoms with Crippen molar-refractivity contribution >= 4 is 21.8 Å². The summed E-state index contributed by atoms with van der Waals surface area (Å²) in [4.78, 5) is 0.338. The Morgan fingerprint density at radius 2 is 2.28 bits per heavy atom. The fraction of sp³-hybridized carbons (Fsp3) is 0.500. The van der Waals surface area contributed by atoms with E-state index in [1.165, 1.54) is 4.31 Å². The van der Waals surface area contributed by atoms with E-state index in [2.05, 4.69) is 0 Å². The van der Waals surface area contributed by atoms with Crippen LogP contribution in [0.4, 0.5) is 0 Å². The SMILES string of the molecule is CN(C1CCSC1)S(=O)(=O)c1cccc(CN)c1. The van der Waals surface area contributed by atoms with Crippen molar-refractivity contribution in [1.29, 1.82) is 0 Å². The molecular formula is C12H18N2O2S2. The molecule has 4 nitrogen and oxygen atoms in total. The van der Waals surface area contributed by atoms with E-state index < -0.39 is 10.0 Å². The van der Waals surface area contributed by atoms with Crippen LogP contribution in [0.15, 0.2) is 29.2 Å². The molecule has 0 bridgehead atoms. The lowest BCUT2D eigenvalue weighted by molar-refractivity contribution is 0.394. The summed E-state index contributed by atoms with van der Waals surface area (Å²) in [7, 11) is -1.72. The smallest absolute Gasteiger partial charge is 0.243 e. The summed E-state index contributed by atoms with van der Waals surface area (Å²) in [6.45, 7) is 0.354. The van der Waals surface area contributed by atoms with Crippen LogP contribution in [0.25, 0.3) is 0 Å². The van der Waals surface area contributed by atoms with E-state index >= 15 is 0 Å². The lowest BCUT2D eigenvalue weighted by atomic mass is 10.2. The summed E-state index contributed by atoms with van der Waals surface area (Å²) in [5.74, 6) is 1.92. The minimum atomic E-state index is -3.39. The Kier molecular flexibility index (Phi) is 4.32. The fourth-order valence-corrected chi connectivity index (χ4v) is 4.82. The van der Waals surface area contributed by atoms with E-state index in [9.17, 15) is 8.42 Å². The van der Waals surface area contributed by atoms with Crippen molar-refractivity contribution in [2.24, 2.45) is 5.73 Å². The summed E-state index contributed by atoms with van der Waals surface area (Å²) in [5.41, 5.74) is 6.39. The summed E-state index contributed by atoms with van der Waals surface area (Å²) < 4.78 is 26.4. The Bertz CT molecular complexity index is 511. The van der Waals surface area contributed by atoms with Gasteiger partial charge in [0.15, 0.2) is 0 Å². The number of thioether (sulfide) groups is 1. The predicted molar refractivity (Wildman–Crippen MR) is 75.0 cm³/mol. The number of sulfonamides is 1. The molecule has 1 aromatic carbocycles. The largest absolute Gasteiger partial charge is 0.326 e. The molecule has 6 heteroatoms. The average Bonchev–Trinajstić information content (AvgIpc) is 2.91. The summed E-state index contributed by atoms with van der Waals surface area (Å²) in [5, 5.41) is 0. The molecule has 0 amide bonds. The van der Waals surface area contributed by atoms with Gasteiger partial charge in [0.1, 0.15) is 0 Å². The Labute approximate surface area is 113 Å². The molecule has 1 aromatic rings. The van der Waals surface area contributed by atoms with Gasteiger partial charge in [-0.1, -0.05) is 12.1 Å². The van der Waals surface area contributed by atoms with E-state index in [1.807, 2.05) is 6.07 Å². The third-order valence-corrected chi connectivity index (χ3v) is 6.28. The molecule has 1 saturated heterocycles. The maximum atomic E-state index is 12.5. The van der Waals surface area contributed by atoms with Crippen LogP contribution in [0.5, 0.6) is 0 Å². The molecule has 0 aromatic heterocycles. The van der Waals surface area contributed by atoms with E-state index in [0.29, 0.717) is 11.4 Å². The number of hydrogen-bond donors (Lipinski definition) is 1. The highest BCUT2D eigenvalue weighted by molar-refractivity contribution is 7.99. The van der Waals surface area contributed by atoms with Gasteiger partial charge in [0.2, 0.25) is 10.0 Å². The molecule has 2 rings (SSSR count). The van der Waals surface area contributed by atoms with E-state index in [1.54, 1.807) is 37.0 Å². The van der Waals surface area contributed by atoms with Crippen LogP contribution in [0.1, 0.15) is 12.0 Å². The second-order valence-corrected chi connectivity index (χ2v) is 7.54. The topological polar surface area (TPSA) is 63.4 Å². The number of rotatable bonds is 4. The maximum absolute atomic E-state index is 12.5. The number of hydrogen-bond acceptors (Lipinski definition) is 4. The van der Waals surface area contributed by atoms with Crippen LogP contribution in [0.3, 0.4) is 0 Å². The normalized spacial score (nSPS) is 20.5. The zero-order valence-corrected chi connectivity index (χ0v) is 12.0. The molecule has 100 valence electrons. The van der Waals surface area contributed by atoms with Gasteiger partial charge in [-0.25, -0.2) is 8.42 Å². The lowest BCUT2D eigenvalue weighted by Gasteiger charge is -2.23. The molecule has 1 unspecified atom stereocenters. The Hall–Kier alpha value is -0.560. The first-order valence-corrected chi connectivity index (χ1v) is 8.50. The zero-order valence-electron chi connectivity index (χ0n) is 10.4. The monoisotopic (exact) mass is 286 g/mol. The van der Waals surface area contributed by atoms with Gasteiger partial charge in [-0.3, -0.25) is 0 Å². The molecule has 1 heterocycles. The highest BCUT2D eigenvalue weighted by Crippen LogP contribution is 2.26. The van der Waals surface area contributed by atoms with Gasteiger partial charge in [-0.2, -0.15) is 16.1 Å². The van der Waals surface area contributed by atoms with Crippen LogP contribution in [-0.2, 0) is 16.6 Å². The third kappa shape index (κ3) is 2.71. The molecule has 2 N–H and O–H groups in total. The molecule has 0 radical (unpaired) electrons. The fourth-order valence-electron chi connectivity index (χ4n) is 2.00. The molecule has 0 aliphatic carbocycles. The molecule has 18 heavy (non-hydrogen) atoms. The molecule has 0 spiro atoms. The van der Waals surface area contributed by atoms with Crippen LogP contribution in [0, 0.1) is 0 Å². The van der Waals surface area contributed by atoms with Crippen molar-refractivity contribution in [3.05, 3.63) is 29.8 Å². The highest BCUT2D eigenvalue weighted by atomic mass is 32.2. The van der Waals surface area contributed by atoms with Gasteiger partial charge in [-0.05, 0) is 29.9 Å². The first-order chi connectivity index (χ1) is 8.55. The average molecular weight is 286 g/mol. The van der Waals surface area contributed by atoms with Crippen molar-refractivity contribution < 1.29 is 8.42 Å². The second kappa shape index (κ2) is 5.61. The third-order valence-electron chi connectivity index (χ3n) is 3.23. The Morgan fingerprint density at radius 3 is 2.89 bits per heavy atom. The molecule has 1 fully saturated rings. The minimum Gasteiger partial charge on any atom is -0.326 e. The number of benzene rings is 1. The zero-order chi connectivity index (χ0) is 13.2. The second-order valence-electron chi connectivity index (χ2n) is 4.39. The predicted octanol–water partition coefficient (Wildman–Crippen LogP) is 1.27. The van der Waals surface area contributed by atoms with Crippen molar-refractivity contribution in [2.75, 3.05) is 18.6 Å². The van der Waals surface area contributed by atoms with E-state index in [-0.39, 0.29) is 6.04 Å². The van der Waals surface area contributed by atoms with E-state index in [0.717, 1.165) is 23.5 Å². The number of nitrogens with two attached hydrogens (primary N) is 1. The molecule has 1 aliphatic heterocycles. The molecular weight excluding hydrogens is 268 g/mol. The molecule has 1 atom stereocenters. The van der Waals surface area contributed by atoms with Crippen molar-refractivity contribution in [2.45, 2.75) is 23.9 Å². The Morgan fingerprint density at radius 1 is 1.50 bits per heavy atom. The molecule has 0 saturated carbocycles. The summed E-state index contributed by atoms with van der Waals surface area (Å²) >= 11 is 1.80. The van der Waals surface area contributed by atoms with Gasteiger partial charge < -0.3 is 5.73 Å².